The Labute approximate surface area is 120 Å². The van der Waals surface area contributed by atoms with Gasteiger partial charge >= 0.3 is 11.6 Å². The molecule has 2 rings (SSSR count). The highest BCUT2D eigenvalue weighted by molar-refractivity contribution is 5.90. The third-order valence-electron chi connectivity index (χ3n) is 2.72. The Hall–Kier alpha value is -2.89. The Morgan fingerprint density at radius 2 is 2.00 bits per heavy atom. The standard InChI is InChI=1S/C15H13NO5/c1-9-7-13(17)12(15(19)21-9)8-16-11-5-3-10(4-6-11)14(18)20-2/h3-8,17H,1-2H3. The lowest BCUT2D eigenvalue weighted by Gasteiger charge is -2.00. The minimum atomic E-state index is -0.664. The van der Waals surface area contributed by atoms with Crippen molar-refractivity contribution < 1.29 is 19.1 Å². The van der Waals surface area contributed by atoms with Gasteiger partial charge in [-0.1, -0.05) is 0 Å². The first-order chi connectivity index (χ1) is 10.0. The van der Waals surface area contributed by atoms with Gasteiger partial charge in [0.25, 0.3) is 0 Å². The molecule has 2 aromatic rings. The molecule has 108 valence electrons. The van der Waals surface area contributed by atoms with Gasteiger partial charge in [-0.25, -0.2) is 9.59 Å². The van der Waals surface area contributed by atoms with Crippen LogP contribution in [0, 0.1) is 6.92 Å². The van der Waals surface area contributed by atoms with Gasteiger partial charge in [-0.3, -0.25) is 4.99 Å². The van der Waals surface area contributed by atoms with Crippen LogP contribution in [0.15, 0.2) is 44.5 Å². The summed E-state index contributed by atoms with van der Waals surface area (Å²) < 4.78 is 9.46. The maximum atomic E-state index is 11.6. The molecule has 0 aliphatic rings. The average molecular weight is 287 g/mol. The molecule has 0 atom stereocenters. The molecule has 0 bridgehead atoms. The molecule has 0 spiro atoms. The lowest BCUT2D eigenvalue weighted by atomic mass is 10.2. The average Bonchev–Trinajstić information content (AvgIpc) is 2.46. The number of aliphatic imine (C=N–C) groups is 1. The molecule has 0 amide bonds. The summed E-state index contributed by atoms with van der Waals surface area (Å²) in [7, 11) is 1.30. The van der Waals surface area contributed by atoms with Crippen molar-refractivity contribution in [2.45, 2.75) is 6.92 Å². The van der Waals surface area contributed by atoms with Gasteiger partial charge in [0.15, 0.2) is 0 Å². The summed E-state index contributed by atoms with van der Waals surface area (Å²) in [4.78, 5) is 26.9. The van der Waals surface area contributed by atoms with E-state index in [0.29, 0.717) is 17.0 Å². The van der Waals surface area contributed by atoms with Crippen molar-refractivity contribution >= 4 is 17.9 Å². The van der Waals surface area contributed by atoms with Gasteiger partial charge in [-0.05, 0) is 31.2 Å². The summed E-state index contributed by atoms with van der Waals surface area (Å²) in [5.74, 6) is -0.321. The number of nitrogens with zero attached hydrogens (tertiary/aromatic N) is 1. The van der Waals surface area contributed by atoms with Crippen molar-refractivity contribution in [3.05, 3.63) is 57.6 Å². The number of ether oxygens (including phenoxy) is 1. The number of esters is 1. The number of hydrogen-bond donors (Lipinski definition) is 1. The number of benzene rings is 1. The molecule has 0 saturated heterocycles. The molecule has 6 nitrogen and oxygen atoms in total. The molecule has 6 heteroatoms. The highest BCUT2D eigenvalue weighted by atomic mass is 16.5. The second-order valence-electron chi connectivity index (χ2n) is 4.24. The molecule has 0 radical (unpaired) electrons. The number of carbonyl (C=O) groups excluding carboxylic acids is 1. The number of hydrogen-bond acceptors (Lipinski definition) is 6. The first-order valence-electron chi connectivity index (χ1n) is 6.07. The summed E-state index contributed by atoms with van der Waals surface area (Å²) in [6.07, 6.45) is 1.22. The van der Waals surface area contributed by atoms with Crippen molar-refractivity contribution in [1.29, 1.82) is 0 Å². The summed E-state index contributed by atoms with van der Waals surface area (Å²) >= 11 is 0. The van der Waals surface area contributed by atoms with E-state index in [1.54, 1.807) is 31.2 Å². The van der Waals surface area contributed by atoms with Gasteiger partial charge in [0.2, 0.25) is 0 Å². The van der Waals surface area contributed by atoms with Crippen molar-refractivity contribution in [2.75, 3.05) is 7.11 Å². The molecule has 0 fully saturated rings. The molecular weight excluding hydrogens is 274 g/mol. The largest absolute Gasteiger partial charge is 0.507 e. The SMILES string of the molecule is COC(=O)c1ccc(N=Cc2c(O)cc(C)oc2=O)cc1. The van der Waals surface area contributed by atoms with E-state index < -0.39 is 11.6 Å². The highest BCUT2D eigenvalue weighted by Crippen LogP contribution is 2.16. The topological polar surface area (TPSA) is 89.1 Å². The number of methoxy groups -OCH3 is 1. The zero-order chi connectivity index (χ0) is 15.4. The summed E-state index contributed by atoms with van der Waals surface area (Å²) in [5, 5.41) is 9.69. The monoisotopic (exact) mass is 287 g/mol. The Morgan fingerprint density at radius 3 is 2.57 bits per heavy atom. The number of rotatable bonds is 3. The number of aromatic hydroxyl groups is 1. The third-order valence-corrected chi connectivity index (χ3v) is 2.72. The van der Waals surface area contributed by atoms with Crippen molar-refractivity contribution in [2.24, 2.45) is 4.99 Å². The normalized spacial score (nSPS) is 10.8. The van der Waals surface area contributed by atoms with Crippen LogP contribution in [0.25, 0.3) is 0 Å². The number of carbonyl (C=O) groups is 1. The molecule has 0 unspecified atom stereocenters. The molecule has 1 aromatic heterocycles. The maximum absolute atomic E-state index is 11.6. The minimum Gasteiger partial charge on any atom is -0.507 e. The molecule has 0 aliphatic heterocycles. The molecule has 1 N–H and O–H groups in total. The third kappa shape index (κ3) is 3.36. The Morgan fingerprint density at radius 1 is 1.33 bits per heavy atom. The fourth-order valence-corrected chi connectivity index (χ4v) is 1.66. The van der Waals surface area contributed by atoms with Crippen LogP contribution < -0.4 is 5.63 Å². The van der Waals surface area contributed by atoms with Gasteiger partial charge in [0, 0.05) is 12.3 Å². The van der Waals surface area contributed by atoms with E-state index >= 15 is 0 Å². The van der Waals surface area contributed by atoms with E-state index in [1.807, 2.05) is 0 Å². The smallest absolute Gasteiger partial charge is 0.348 e. The summed E-state index contributed by atoms with van der Waals surface area (Å²) in [6, 6.07) is 7.63. The predicted molar refractivity (Wildman–Crippen MR) is 76.4 cm³/mol. The molecule has 1 aromatic carbocycles. The second kappa shape index (κ2) is 6.04. The van der Waals surface area contributed by atoms with Crippen LogP contribution in [0.1, 0.15) is 21.7 Å². The lowest BCUT2D eigenvalue weighted by molar-refractivity contribution is 0.0601. The molecule has 1 heterocycles. The Bertz CT molecular complexity index is 744. The summed E-state index contributed by atoms with van der Waals surface area (Å²) in [6.45, 7) is 1.56. The van der Waals surface area contributed by atoms with E-state index in [4.69, 9.17) is 4.42 Å². The fraction of sp³-hybridized carbons (Fsp3) is 0.133. The molecule has 21 heavy (non-hydrogen) atoms. The van der Waals surface area contributed by atoms with Crippen LogP contribution in [-0.4, -0.2) is 24.4 Å². The zero-order valence-corrected chi connectivity index (χ0v) is 11.5. The van der Waals surface area contributed by atoms with E-state index in [0.717, 1.165) is 0 Å². The van der Waals surface area contributed by atoms with E-state index in [1.165, 1.54) is 19.4 Å². The number of aryl methyl sites for hydroxylation is 1. The van der Waals surface area contributed by atoms with Crippen LogP contribution in [0.3, 0.4) is 0 Å². The van der Waals surface area contributed by atoms with Crippen LogP contribution in [0.4, 0.5) is 5.69 Å². The Kier molecular flexibility index (Phi) is 4.18. The molecular formula is C15H13NO5. The van der Waals surface area contributed by atoms with Gasteiger partial charge in [0.1, 0.15) is 17.1 Å². The van der Waals surface area contributed by atoms with Crippen LogP contribution in [-0.2, 0) is 4.74 Å². The van der Waals surface area contributed by atoms with E-state index in [2.05, 4.69) is 9.73 Å². The summed E-state index contributed by atoms with van der Waals surface area (Å²) in [5.41, 5.74) is 0.219. The minimum absolute atomic E-state index is 0.0300. The Balaban J connectivity index is 2.26. The van der Waals surface area contributed by atoms with Crippen LogP contribution >= 0.6 is 0 Å². The lowest BCUT2D eigenvalue weighted by Crippen LogP contribution is -2.07. The predicted octanol–water partition coefficient (Wildman–Crippen LogP) is 2.19. The first kappa shape index (κ1) is 14.5. The quantitative estimate of drug-likeness (QED) is 0.690. The second-order valence-corrected chi connectivity index (χ2v) is 4.24. The van der Waals surface area contributed by atoms with E-state index in [9.17, 15) is 14.7 Å². The highest BCUT2D eigenvalue weighted by Gasteiger charge is 2.07. The van der Waals surface area contributed by atoms with Crippen molar-refractivity contribution in [3.8, 4) is 5.75 Å². The van der Waals surface area contributed by atoms with Crippen LogP contribution in [0.2, 0.25) is 0 Å². The molecule has 0 saturated carbocycles. The van der Waals surface area contributed by atoms with Gasteiger partial charge < -0.3 is 14.3 Å². The van der Waals surface area contributed by atoms with Gasteiger partial charge in [-0.2, -0.15) is 0 Å². The van der Waals surface area contributed by atoms with E-state index in [-0.39, 0.29) is 11.3 Å². The first-order valence-corrected chi connectivity index (χ1v) is 6.07. The zero-order valence-electron chi connectivity index (χ0n) is 11.5. The van der Waals surface area contributed by atoms with Crippen molar-refractivity contribution in [1.82, 2.24) is 0 Å². The maximum Gasteiger partial charge on any atom is 0.348 e. The molecule has 0 aliphatic carbocycles. The fourth-order valence-electron chi connectivity index (χ4n) is 1.66. The van der Waals surface area contributed by atoms with Gasteiger partial charge in [0.05, 0.1) is 18.4 Å². The van der Waals surface area contributed by atoms with Crippen molar-refractivity contribution in [3.63, 3.8) is 0 Å². The van der Waals surface area contributed by atoms with Gasteiger partial charge in [-0.15, -0.1) is 0 Å². The van der Waals surface area contributed by atoms with Crippen LogP contribution in [0.5, 0.6) is 5.75 Å².